The highest BCUT2D eigenvalue weighted by molar-refractivity contribution is 5.12. The predicted molar refractivity (Wildman–Crippen MR) is 56.0 cm³/mol. The molecule has 0 saturated heterocycles. The first-order valence-corrected chi connectivity index (χ1v) is 5.44. The lowest BCUT2D eigenvalue weighted by atomic mass is 10.2. The lowest BCUT2D eigenvalue weighted by Crippen LogP contribution is -1.98. The van der Waals surface area contributed by atoms with Crippen LogP contribution in [0, 0.1) is 29.1 Å². The van der Waals surface area contributed by atoms with E-state index in [-0.39, 0.29) is 6.07 Å². The highest BCUT2D eigenvalue weighted by atomic mass is 19.2. The second-order valence-electron chi connectivity index (χ2n) is 3.49. The van der Waals surface area contributed by atoms with Crippen LogP contribution in [0.15, 0.2) is 6.07 Å². The monoisotopic (exact) mass is 254 g/mol. The predicted octanol–water partition coefficient (Wildman–Crippen LogP) is 4.97. The summed E-state index contributed by atoms with van der Waals surface area (Å²) in [7, 11) is 0. The van der Waals surface area contributed by atoms with Gasteiger partial charge in [0.15, 0.2) is 23.3 Å². The molecule has 1 rings (SSSR count). The van der Waals surface area contributed by atoms with Crippen LogP contribution in [-0.2, 0) is 0 Å². The Bertz CT molecular complexity index is 319. The molecule has 5 heteroatoms. The second-order valence-corrected chi connectivity index (χ2v) is 3.49. The van der Waals surface area contributed by atoms with E-state index in [0.29, 0.717) is 0 Å². The fourth-order valence-electron chi connectivity index (χ4n) is 1.04. The zero-order valence-electron chi connectivity index (χ0n) is 9.80. The van der Waals surface area contributed by atoms with Crippen molar-refractivity contribution in [2.75, 3.05) is 0 Å². The van der Waals surface area contributed by atoms with Crippen molar-refractivity contribution in [2.24, 2.45) is 0 Å². The standard InChI is InChI=1S/C6HF5.C6H14/c7-2-1-3(8)5(10)6(11)4(2)9;1-3-5-6-4-2/h1H;3-6H2,1-2H3. The average molecular weight is 254 g/mol. The molecule has 0 amide bonds. The minimum Gasteiger partial charge on any atom is -0.204 e. The summed E-state index contributed by atoms with van der Waals surface area (Å²) in [4.78, 5) is 0. The van der Waals surface area contributed by atoms with Crippen molar-refractivity contribution in [3.63, 3.8) is 0 Å². The lowest BCUT2D eigenvalue weighted by molar-refractivity contribution is 0.378. The van der Waals surface area contributed by atoms with Crippen LogP contribution in [0.1, 0.15) is 39.5 Å². The Balaban J connectivity index is 0.000000366. The molecule has 0 heterocycles. The number of hydrogen-bond acceptors (Lipinski definition) is 0. The fraction of sp³-hybridized carbons (Fsp3) is 0.500. The van der Waals surface area contributed by atoms with Gasteiger partial charge in [0.05, 0.1) is 0 Å². The molecule has 0 aliphatic heterocycles. The van der Waals surface area contributed by atoms with Crippen LogP contribution in [0.5, 0.6) is 0 Å². The molecule has 0 unspecified atom stereocenters. The number of hydrogen-bond donors (Lipinski definition) is 0. The summed E-state index contributed by atoms with van der Waals surface area (Å²) in [6.07, 6.45) is 5.54. The van der Waals surface area contributed by atoms with Gasteiger partial charge in [0.2, 0.25) is 5.82 Å². The molecule has 98 valence electrons. The molecule has 0 bridgehead atoms. The van der Waals surface area contributed by atoms with Gasteiger partial charge < -0.3 is 0 Å². The van der Waals surface area contributed by atoms with Gasteiger partial charge in [-0.2, -0.15) is 0 Å². The summed E-state index contributed by atoms with van der Waals surface area (Å²) in [5.41, 5.74) is 0. The summed E-state index contributed by atoms with van der Waals surface area (Å²) < 4.78 is 60.0. The maximum absolute atomic E-state index is 12.0. The molecule has 0 saturated carbocycles. The minimum absolute atomic E-state index is 0.0618. The van der Waals surface area contributed by atoms with Crippen LogP contribution in [0.25, 0.3) is 0 Å². The topological polar surface area (TPSA) is 0 Å². The normalized spacial score (nSPS) is 9.82. The van der Waals surface area contributed by atoms with E-state index in [4.69, 9.17) is 0 Å². The largest absolute Gasteiger partial charge is 0.204 e. The van der Waals surface area contributed by atoms with Crippen molar-refractivity contribution in [3.8, 4) is 0 Å². The molecule has 0 N–H and O–H groups in total. The van der Waals surface area contributed by atoms with Crippen molar-refractivity contribution in [2.45, 2.75) is 39.5 Å². The third-order valence-electron chi connectivity index (χ3n) is 2.02. The van der Waals surface area contributed by atoms with E-state index in [1.165, 1.54) is 25.7 Å². The summed E-state index contributed by atoms with van der Waals surface area (Å²) in [6.45, 7) is 4.46. The molecule has 0 spiro atoms. The van der Waals surface area contributed by atoms with Gasteiger partial charge in [-0.1, -0.05) is 39.5 Å². The summed E-state index contributed by atoms with van der Waals surface area (Å²) in [5.74, 6) is -9.65. The van der Waals surface area contributed by atoms with Crippen LogP contribution in [0.2, 0.25) is 0 Å². The van der Waals surface area contributed by atoms with Gasteiger partial charge in [0, 0.05) is 6.07 Å². The molecular weight excluding hydrogens is 239 g/mol. The molecule has 0 atom stereocenters. The highest BCUT2D eigenvalue weighted by Crippen LogP contribution is 2.16. The van der Waals surface area contributed by atoms with Crippen LogP contribution < -0.4 is 0 Å². The minimum atomic E-state index is -2.14. The molecule has 0 radical (unpaired) electrons. The molecule has 0 aliphatic rings. The summed E-state index contributed by atoms with van der Waals surface area (Å²) in [6, 6.07) is -0.0618. The van der Waals surface area contributed by atoms with Crippen molar-refractivity contribution >= 4 is 0 Å². The van der Waals surface area contributed by atoms with E-state index in [9.17, 15) is 22.0 Å². The van der Waals surface area contributed by atoms with Gasteiger partial charge in [0.25, 0.3) is 0 Å². The van der Waals surface area contributed by atoms with Crippen LogP contribution in [0.4, 0.5) is 22.0 Å². The maximum Gasteiger partial charge on any atom is 0.200 e. The molecule has 0 fully saturated rings. The lowest BCUT2D eigenvalue weighted by Gasteiger charge is -1.96. The van der Waals surface area contributed by atoms with Crippen molar-refractivity contribution < 1.29 is 22.0 Å². The van der Waals surface area contributed by atoms with Gasteiger partial charge >= 0.3 is 0 Å². The number of halogens is 5. The molecule has 0 aliphatic carbocycles. The third kappa shape index (κ3) is 5.15. The molecule has 1 aromatic rings. The van der Waals surface area contributed by atoms with Crippen LogP contribution in [-0.4, -0.2) is 0 Å². The average Bonchev–Trinajstić information content (AvgIpc) is 2.32. The quantitative estimate of drug-likeness (QED) is 0.309. The number of rotatable bonds is 3. The van der Waals surface area contributed by atoms with E-state index < -0.39 is 29.1 Å². The van der Waals surface area contributed by atoms with Gasteiger partial charge in [-0.25, -0.2) is 22.0 Å². The Morgan fingerprint density at radius 1 is 0.706 bits per heavy atom. The van der Waals surface area contributed by atoms with Crippen molar-refractivity contribution in [3.05, 3.63) is 35.2 Å². The molecule has 1 aromatic carbocycles. The number of benzene rings is 1. The first-order chi connectivity index (χ1) is 7.95. The Morgan fingerprint density at radius 3 is 1.35 bits per heavy atom. The van der Waals surface area contributed by atoms with Gasteiger partial charge in [-0.15, -0.1) is 0 Å². The zero-order valence-corrected chi connectivity index (χ0v) is 9.80. The molecule has 17 heavy (non-hydrogen) atoms. The maximum atomic E-state index is 12.0. The Hall–Kier alpha value is -1.13. The van der Waals surface area contributed by atoms with E-state index >= 15 is 0 Å². The number of unbranched alkanes of at least 4 members (excludes halogenated alkanes) is 3. The first-order valence-electron chi connectivity index (χ1n) is 5.44. The smallest absolute Gasteiger partial charge is 0.200 e. The van der Waals surface area contributed by atoms with E-state index in [0.717, 1.165) is 0 Å². The van der Waals surface area contributed by atoms with Crippen LogP contribution in [0.3, 0.4) is 0 Å². The van der Waals surface area contributed by atoms with Crippen molar-refractivity contribution in [1.29, 1.82) is 0 Å². The van der Waals surface area contributed by atoms with Gasteiger partial charge in [0.1, 0.15) is 0 Å². The van der Waals surface area contributed by atoms with E-state index in [1.807, 2.05) is 0 Å². The van der Waals surface area contributed by atoms with E-state index in [2.05, 4.69) is 13.8 Å². The molecular formula is C12H15F5. The molecule has 0 aromatic heterocycles. The Morgan fingerprint density at radius 2 is 1.06 bits per heavy atom. The molecule has 0 nitrogen and oxygen atoms in total. The van der Waals surface area contributed by atoms with E-state index in [1.54, 1.807) is 0 Å². The third-order valence-corrected chi connectivity index (χ3v) is 2.02. The second kappa shape index (κ2) is 8.03. The highest BCUT2D eigenvalue weighted by Gasteiger charge is 2.18. The SMILES string of the molecule is CCCCCC.Fc1cc(F)c(F)c(F)c1F. The fourth-order valence-corrected chi connectivity index (χ4v) is 1.04. The van der Waals surface area contributed by atoms with Crippen molar-refractivity contribution in [1.82, 2.24) is 0 Å². The van der Waals surface area contributed by atoms with Gasteiger partial charge in [-0.05, 0) is 0 Å². The first kappa shape index (κ1) is 15.9. The van der Waals surface area contributed by atoms with Crippen LogP contribution >= 0.6 is 0 Å². The Kier molecular flexibility index (Phi) is 7.50. The zero-order chi connectivity index (χ0) is 13.4. The summed E-state index contributed by atoms with van der Waals surface area (Å²) in [5, 5.41) is 0. The summed E-state index contributed by atoms with van der Waals surface area (Å²) >= 11 is 0. The van der Waals surface area contributed by atoms with Gasteiger partial charge in [-0.3, -0.25) is 0 Å². The Labute approximate surface area is 97.5 Å².